The third kappa shape index (κ3) is 4.99. The van der Waals surface area contributed by atoms with Gasteiger partial charge in [0.1, 0.15) is 0 Å². The molecular formula is C15H24N2O2. The van der Waals surface area contributed by atoms with Crippen molar-refractivity contribution < 1.29 is 9.90 Å². The number of aliphatic hydroxyl groups excluding tert-OH is 1. The standard InChI is InChI=1S/C15H24N2O2/c1-3-15(4-2,12-18)11-17-14(19)8-7-13-6-5-9-16-10-13/h5-6,9-10,18H,3-4,7-8,11-12H2,1-2H3,(H,17,19). The van der Waals surface area contributed by atoms with Crippen molar-refractivity contribution in [2.24, 2.45) is 5.41 Å². The average Bonchev–Trinajstić information content (AvgIpc) is 2.48. The van der Waals surface area contributed by atoms with Gasteiger partial charge in [-0.3, -0.25) is 9.78 Å². The van der Waals surface area contributed by atoms with Gasteiger partial charge in [0.15, 0.2) is 0 Å². The van der Waals surface area contributed by atoms with Gasteiger partial charge in [-0.05, 0) is 30.9 Å². The van der Waals surface area contributed by atoms with E-state index in [0.29, 0.717) is 19.4 Å². The topological polar surface area (TPSA) is 62.2 Å². The van der Waals surface area contributed by atoms with Gasteiger partial charge in [0, 0.05) is 30.8 Å². The van der Waals surface area contributed by atoms with Crippen molar-refractivity contribution in [1.82, 2.24) is 10.3 Å². The molecule has 0 fully saturated rings. The molecule has 1 aromatic rings. The molecule has 2 N–H and O–H groups in total. The van der Waals surface area contributed by atoms with Gasteiger partial charge in [-0.25, -0.2) is 0 Å². The predicted molar refractivity (Wildman–Crippen MR) is 75.7 cm³/mol. The summed E-state index contributed by atoms with van der Waals surface area (Å²) in [6.07, 6.45) is 6.39. The van der Waals surface area contributed by atoms with Crippen LogP contribution >= 0.6 is 0 Å². The van der Waals surface area contributed by atoms with Crippen LogP contribution in [0.25, 0.3) is 0 Å². The highest BCUT2D eigenvalue weighted by Crippen LogP contribution is 2.24. The number of pyridine rings is 1. The van der Waals surface area contributed by atoms with E-state index in [-0.39, 0.29) is 17.9 Å². The summed E-state index contributed by atoms with van der Waals surface area (Å²) in [5, 5.41) is 12.4. The molecule has 0 aromatic carbocycles. The number of carbonyl (C=O) groups excluding carboxylic acids is 1. The first-order valence-corrected chi connectivity index (χ1v) is 6.92. The van der Waals surface area contributed by atoms with Gasteiger partial charge < -0.3 is 10.4 Å². The van der Waals surface area contributed by atoms with Crippen LogP contribution in [0.15, 0.2) is 24.5 Å². The molecule has 4 heteroatoms. The minimum Gasteiger partial charge on any atom is -0.396 e. The molecule has 0 saturated heterocycles. The average molecular weight is 264 g/mol. The highest BCUT2D eigenvalue weighted by atomic mass is 16.3. The van der Waals surface area contributed by atoms with E-state index in [1.165, 1.54) is 0 Å². The highest BCUT2D eigenvalue weighted by molar-refractivity contribution is 5.76. The summed E-state index contributed by atoms with van der Waals surface area (Å²) < 4.78 is 0. The Hall–Kier alpha value is -1.42. The van der Waals surface area contributed by atoms with Gasteiger partial charge in [-0.2, -0.15) is 0 Å². The molecule has 0 aliphatic carbocycles. The lowest BCUT2D eigenvalue weighted by molar-refractivity contribution is -0.121. The maximum absolute atomic E-state index is 11.8. The molecule has 1 rings (SSSR count). The molecule has 1 aromatic heterocycles. The van der Waals surface area contributed by atoms with Crippen LogP contribution in [0.3, 0.4) is 0 Å². The third-order valence-electron chi connectivity index (χ3n) is 3.86. The van der Waals surface area contributed by atoms with Crippen LogP contribution in [0.5, 0.6) is 0 Å². The molecule has 106 valence electrons. The predicted octanol–water partition coefficient (Wildman–Crippen LogP) is 1.93. The van der Waals surface area contributed by atoms with E-state index in [4.69, 9.17) is 0 Å². The van der Waals surface area contributed by atoms with Crippen molar-refractivity contribution in [3.63, 3.8) is 0 Å². The van der Waals surface area contributed by atoms with Crippen LogP contribution in [-0.4, -0.2) is 29.1 Å². The molecule has 4 nitrogen and oxygen atoms in total. The van der Waals surface area contributed by atoms with E-state index < -0.39 is 0 Å². The van der Waals surface area contributed by atoms with E-state index in [9.17, 15) is 9.90 Å². The maximum atomic E-state index is 11.8. The van der Waals surface area contributed by atoms with Gasteiger partial charge in [0.25, 0.3) is 0 Å². The summed E-state index contributed by atoms with van der Waals surface area (Å²) in [4.78, 5) is 15.8. The van der Waals surface area contributed by atoms with E-state index in [0.717, 1.165) is 18.4 Å². The number of aliphatic hydroxyl groups is 1. The fourth-order valence-corrected chi connectivity index (χ4v) is 1.96. The third-order valence-corrected chi connectivity index (χ3v) is 3.86. The van der Waals surface area contributed by atoms with Gasteiger partial charge >= 0.3 is 0 Å². The van der Waals surface area contributed by atoms with Crippen molar-refractivity contribution in [3.05, 3.63) is 30.1 Å². The molecular weight excluding hydrogens is 240 g/mol. The quantitative estimate of drug-likeness (QED) is 0.754. The van der Waals surface area contributed by atoms with Crippen LogP contribution in [0, 0.1) is 5.41 Å². The maximum Gasteiger partial charge on any atom is 0.220 e. The van der Waals surface area contributed by atoms with Crippen LogP contribution in [0.4, 0.5) is 0 Å². The molecule has 0 radical (unpaired) electrons. The fourth-order valence-electron chi connectivity index (χ4n) is 1.96. The van der Waals surface area contributed by atoms with Crippen LogP contribution in [-0.2, 0) is 11.2 Å². The first-order chi connectivity index (χ1) is 9.15. The first-order valence-electron chi connectivity index (χ1n) is 6.92. The zero-order valence-electron chi connectivity index (χ0n) is 11.9. The summed E-state index contributed by atoms with van der Waals surface area (Å²) in [7, 11) is 0. The molecule has 0 unspecified atom stereocenters. The fraction of sp³-hybridized carbons (Fsp3) is 0.600. The number of hydrogen-bond donors (Lipinski definition) is 2. The van der Waals surface area contributed by atoms with Crippen LogP contribution in [0.2, 0.25) is 0 Å². The van der Waals surface area contributed by atoms with E-state index in [1.54, 1.807) is 12.4 Å². The van der Waals surface area contributed by atoms with E-state index in [1.807, 2.05) is 26.0 Å². The Labute approximate surface area is 115 Å². The van der Waals surface area contributed by atoms with Gasteiger partial charge in [0.05, 0.1) is 6.61 Å². The monoisotopic (exact) mass is 264 g/mol. The van der Waals surface area contributed by atoms with E-state index >= 15 is 0 Å². The first kappa shape index (κ1) is 15.6. The summed E-state index contributed by atoms with van der Waals surface area (Å²) in [5.41, 5.74) is 0.890. The van der Waals surface area contributed by atoms with Crippen molar-refractivity contribution >= 4 is 5.91 Å². The minimum atomic E-state index is -0.177. The van der Waals surface area contributed by atoms with Gasteiger partial charge in [0.2, 0.25) is 5.91 Å². The number of rotatable bonds is 8. The second-order valence-electron chi connectivity index (χ2n) is 5.00. The Morgan fingerprint density at radius 2 is 2.16 bits per heavy atom. The number of carbonyl (C=O) groups is 1. The van der Waals surface area contributed by atoms with Crippen molar-refractivity contribution in [2.45, 2.75) is 39.5 Å². The van der Waals surface area contributed by atoms with Crippen molar-refractivity contribution in [1.29, 1.82) is 0 Å². The highest BCUT2D eigenvalue weighted by Gasteiger charge is 2.25. The minimum absolute atomic E-state index is 0.0311. The lowest BCUT2D eigenvalue weighted by Crippen LogP contribution is -2.39. The Morgan fingerprint density at radius 3 is 2.68 bits per heavy atom. The van der Waals surface area contributed by atoms with Gasteiger partial charge in [-0.1, -0.05) is 19.9 Å². The van der Waals surface area contributed by atoms with Crippen LogP contribution in [0.1, 0.15) is 38.7 Å². The summed E-state index contributed by atoms with van der Waals surface area (Å²) in [5.74, 6) is 0.0311. The number of nitrogens with one attached hydrogen (secondary N) is 1. The summed E-state index contributed by atoms with van der Waals surface area (Å²) >= 11 is 0. The van der Waals surface area contributed by atoms with Gasteiger partial charge in [-0.15, -0.1) is 0 Å². The number of hydrogen-bond acceptors (Lipinski definition) is 3. The normalized spacial score (nSPS) is 11.3. The number of aromatic nitrogens is 1. The molecule has 1 heterocycles. The molecule has 0 aliphatic heterocycles. The Balaban J connectivity index is 2.35. The number of aryl methyl sites for hydroxylation is 1. The molecule has 0 aliphatic rings. The Bertz CT molecular complexity index is 367. The van der Waals surface area contributed by atoms with Crippen molar-refractivity contribution in [3.8, 4) is 0 Å². The SMILES string of the molecule is CCC(CC)(CO)CNC(=O)CCc1cccnc1. The molecule has 0 bridgehead atoms. The Morgan fingerprint density at radius 1 is 1.42 bits per heavy atom. The van der Waals surface area contributed by atoms with Crippen LogP contribution < -0.4 is 5.32 Å². The molecule has 0 spiro atoms. The molecule has 1 amide bonds. The smallest absolute Gasteiger partial charge is 0.220 e. The van der Waals surface area contributed by atoms with E-state index in [2.05, 4.69) is 10.3 Å². The second-order valence-corrected chi connectivity index (χ2v) is 5.00. The summed E-state index contributed by atoms with van der Waals surface area (Å²) in [6, 6.07) is 3.84. The molecule has 19 heavy (non-hydrogen) atoms. The largest absolute Gasteiger partial charge is 0.396 e. The zero-order valence-corrected chi connectivity index (χ0v) is 11.9. The van der Waals surface area contributed by atoms with Crippen molar-refractivity contribution in [2.75, 3.05) is 13.2 Å². The zero-order chi connectivity index (χ0) is 14.1. The Kier molecular flexibility index (Phi) is 6.50. The second kappa shape index (κ2) is 7.89. The lowest BCUT2D eigenvalue weighted by Gasteiger charge is -2.29. The number of amides is 1. The molecule has 0 saturated carbocycles. The summed E-state index contributed by atoms with van der Waals surface area (Å²) in [6.45, 7) is 4.74. The molecule has 0 atom stereocenters. The number of nitrogens with zero attached hydrogens (tertiary/aromatic N) is 1. The lowest BCUT2D eigenvalue weighted by atomic mass is 9.83.